The summed E-state index contributed by atoms with van der Waals surface area (Å²) in [5.74, 6) is 0.262. The van der Waals surface area contributed by atoms with Crippen LogP contribution in [0.1, 0.15) is 20.8 Å². The number of para-hydroxylation sites is 1. The maximum Gasteiger partial charge on any atom is 0.320 e. The highest BCUT2D eigenvalue weighted by atomic mass is 16.5. The van der Waals surface area contributed by atoms with Crippen molar-refractivity contribution in [1.82, 2.24) is 4.90 Å². The molecular weight excluding hydrogens is 384 g/mol. The van der Waals surface area contributed by atoms with E-state index in [1.165, 1.54) is 0 Å². The molecule has 0 aliphatic rings. The van der Waals surface area contributed by atoms with E-state index in [4.69, 9.17) is 13.9 Å². The highest BCUT2D eigenvalue weighted by Gasteiger charge is 2.19. The number of ether oxygens (including phenoxy) is 2. The lowest BCUT2D eigenvalue weighted by Gasteiger charge is -2.22. The number of benzene rings is 2. The number of anilines is 1. The summed E-state index contributed by atoms with van der Waals surface area (Å²) in [6, 6.07) is 11.4. The minimum absolute atomic E-state index is 0.0678. The lowest BCUT2D eigenvalue weighted by atomic mass is 10.1. The Kier molecular flexibility index (Phi) is 6.95. The Hall–Kier alpha value is -3.06. The molecule has 0 atom stereocenters. The molecule has 1 amide bonds. The van der Waals surface area contributed by atoms with E-state index in [1.807, 2.05) is 44.2 Å². The van der Waals surface area contributed by atoms with Gasteiger partial charge in [-0.25, -0.2) is 0 Å². The summed E-state index contributed by atoms with van der Waals surface area (Å²) in [5.41, 5.74) is 1.96. The van der Waals surface area contributed by atoms with Crippen molar-refractivity contribution in [1.29, 1.82) is 0 Å². The van der Waals surface area contributed by atoms with Crippen molar-refractivity contribution in [2.75, 3.05) is 38.7 Å². The van der Waals surface area contributed by atoms with Crippen LogP contribution in [0.4, 0.5) is 5.69 Å². The maximum absolute atomic E-state index is 12.7. The van der Waals surface area contributed by atoms with Gasteiger partial charge in [0, 0.05) is 23.4 Å². The van der Waals surface area contributed by atoms with E-state index in [-0.39, 0.29) is 25.0 Å². The van der Waals surface area contributed by atoms with E-state index < -0.39 is 0 Å². The number of carbonyl (C=O) groups excluding carboxylic acids is 2. The van der Waals surface area contributed by atoms with Crippen LogP contribution in [0, 0.1) is 5.92 Å². The molecule has 0 bridgehead atoms. The monoisotopic (exact) mass is 412 g/mol. The molecule has 0 fully saturated rings. The molecule has 0 saturated carbocycles. The third-order valence-corrected chi connectivity index (χ3v) is 4.62. The Labute approximate surface area is 175 Å². The van der Waals surface area contributed by atoms with Crippen LogP contribution in [-0.2, 0) is 14.3 Å². The van der Waals surface area contributed by atoms with E-state index in [0.29, 0.717) is 36.1 Å². The number of hydrogen-bond acceptors (Lipinski definition) is 6. The van der Waals surface area contributed by atoms with Gasteiger partial charge in [0.05, 0.1) is 32.5 Å². The number of esters is 1. The van der Waals surface area contributed by atoms with Crippen molar-refractivity contribution in [3.63, 3.8) is 0 Å². The van der Waals surface area contributed by atoms with Gasteiger partial charge >= 0.3 is 5.97 Å². The normalized spacial score (nSPS) is 11.4. The molecule has 30 heavy (non-hydrogen) atoms. The highest BCUT2D eigenvalue weighted by Crippen LogP contribution is 2.36. The molecular formula is C23H28N2O5. The summed E-state index contributed by atoms with van der Waals surface area (Å²) in [7, 11) is 1.56. The summed E-state index contributed by atoms with van der Waals surface area (Å²) in [4.78, 5) is 26.4. The van der Waals surface area contributed by atoms with Crippen LogP contribution in [0.2, 0.25) is 0 Å². The summed E-state index contributed by atoms with van der Waals surface area (Å²) >= 11 is 0. The third-order valence-electron chi connectivity index (χ3n) is 4.62. The van der Waals surface area contributed by atoms with E-state index in [9.17, 15) is 9.59 Å². The molecule has 3 aromatic rings. The quantitative estimate of drug-likeness (QED) is 0.534. The highest BCUT2D eigenvalue weighted by molar-refractivity contribution is 6.07. The van der Waals surface area contributed by atoms with Crippen LogP contribution >= 0.6 is 0 Å². The molecule has 160 valence electrons. The fourth-order valence-corrected chi connectivity index (χ4v) is 3.50. The Morgan fingerprint density at radius 3 is 2.57 bits per heavy atom. The van der Waals surface area contributed by atoms with Crippen molar-refractivity contribution in [3.8, 4) is 5.75 Å². The molecule has 0 aliphatic heterocycles. The van der Waals surface area contributed by atoms with Gasteiger partial charge in [-0.3, -0.25) is 14.5 Å². The number of fused-ring (bicyclic) bond motifs is 3. The molecule has 3 rings (SSSR count). The van der Waals surface area contributed by atoms with E-state index in [2.05, 4.69) is 5.32 Å². The standard InChI is InChI=1S/C23H28N2O5/c1-5-29-23(27)14-25(12-15(2)3)13-22(26)24-18-11-20-17(10-21(18)28-4)16-8-6-7-9-19(16)30-20/h6-11,15H,5,12-14H2,1-4H3,(H,24,26). The summed E-state index contributed by atoms with van der Waals surface area (Å²) in [6.07, 6.45) is 0. The van der Waals surface area contributed by atoms with E-state index in [1.54, 1.807) is 25.0 Å². The van der Waals surface area contributed by atoms with Crippen molar-refractivity contribution in [2.45, 2.75) is 20.8 Å². The van der Waals surface area contributed by atoms with Gasteiger partial charge in [-0.2, -0.15) is 0 Å². The zero-order chi connectivity index (χ0) is 21.7. The van der Waals surface area contributed by atoms with Crippen LogP contribution in [-0.4, -0.2) is 50.1 Å². The van der Waals surface area contributed by atoms with Gasteiger partial charge in [0.25, 0.3) is 0 Å². The molecule has 7 heteroatoms. The van der Waals surface area contributed by atoms with Gasteiger partial charge in [0.15, 0.2) is 0 Å². The third kappa shape index (κ3) is 5.10. The minimum Gasteiger partial charge on any atom is -0.495 e. The van der Waals surface area contributed by atoms with E-state index >= 15 is 0 Å². The zero-order valence-electron chi connectivity index (χ0n) is 17.9. The molecule has 0 radical (unpaired) electrons. The van der Waals surface area contributed by atoms with Gasteiger partial charge < -0.3 is 19.2 Å². The number of hydrogen-bond donors (Lipinski definition) is 1. The van der Waals surface area contributed by atoms with Crippen LogP contribution in [0.5, 0.6) is 5.75 Å². The Morgan fingerprint density at radius 2 is 1.87 bits per heavy atom. The number of amides is 1. The molecule has 1 N–H and O–H groups in total. The second-order valence-corrected chi connectivity index (χ2v) is 7.56. The molecule has 1 heterocycles. The molecule has 2 aromatic carbocycles. The van der Waals surface area contributed by atoms with Crippen molar-refractivity contribution >= 4 is 39.5 Å². The van der Waals surface area contributed by atoms with E-state index in [0.717, 1.165) is 16.4 Å². The molecule has 0 spiro atoms. The molecule has 0 aliphatic carbocycles. The van der Waals surface area contributed by atoms with Crippen LogP contribution in [0.3, 0.4) is 0 Å². The predicted octanol–water partition coefficient (Wildman–Crippen LogP) is 4.05. The molecule has 0 unspecified atom stereocenters. The van der Waals surface area contributed by atoms with Gasteiger partial charge in [-0.05, 0) is 25.0 Å². The Morgan fingerprint density at radius 1 is 1.10 bits per heavy atom. The first-order valence-electron chi connectivity index (χ1n) is 10.1. The van der Waals surface area contributed by atoms with Crippen LogP contribution < -0.4 is 10.1 Å². The number of nitrogens with zero attached hydrogens (tertiary/aromatic N) is 1. The molecule has 7 nitrogen and oxygen atoms in total. The molecule has 1 aromatic heterocycles. The summed E-state index contributed by atoms with van der Waals surface area (Å²) < 4.78 is 16.4. The average molecular weight is 412 g/mol. The maximum atomic E-state index is 12.7. The predicted molar refractivity (Wildman–Crippen MR) is 117 cm³/mol. The first-order chi connectivity index (χ1) is 14.4. The fraction of sp³-hybridized carbons (Fsp3) is 0.391. The smallest absolute Gasteiger partial charge is 0.320 e. The first kappa shape index (κ1) is 21.6. The van der Waals surface area contributed by atoms with Crippen molar-refractivity contribution in [3.05, 3.63) is 36.4 Å². The lowest BCUT2D eigenvalue weighted by Crippen LogP contribution is -2.39. The topological polar surface area (TPSA) is 81.0 Å². The second-order valence-electron chi connectivity index (χ2n) is 7.56. The number of nitrogens with one attached hydrogen (secondary N) is 1. The van der Waals surface area contributed by atoms with Crippen molar-refractivity contribution < 1.29 is 23.5 Å². The number of rotatable bonds is 9. The second kappa shape index (κ2) is 9.63. The van der Waals surface area contributed by atoms with Crippen LogP contribution in [0.15, 0.2) is 40.8 Å². The lowest BCUT2D eigenvalue weighted by molar-refractivity contribution is -0.144. The minimum atomic E-state index is -0.341. The number of carbonyl (C=O) groups is 2. The first-order valence-corrected chi connectivity index (χ1v) is 10.1. The van der Waals surface area contributed by atoms with Crippen LogP contribution in [0.25, 0.3) is 21.9 Å². The number of methoxy groups -OCH3 is 1. The number of furan rings is 1. The largest absolute Gasteiger partial charge is 0.495 e. The molecule has 0 saturated heterocycles. The fourth-order valence-electron chi connectivity index (χ4n) is 3.50. The SMILES string of the molecule is CCOC(=O)CN(CC(=O)Nc1cc2oc3ccccc3c2cc1OC)CC(C)C. The summed E-state index contributed by atoms with van der Waals surface area (Å²) in [6.45, 7) is 6.89. The summed E-state index contributed by atoms with van der Waals surface area (Å²) in [5, 5.41) is 4.80. The van der Waals surface area contributed by atoms with Gasteiger partial charge in [0.2, 0.25) is 5.91 Å². The van der Waals surface area contributed by atoms with Crippen molar-refractivity contribution in [2.24, 2.45) is 5.92 Å². The van der Waals surface area contributed by atoms with Gasteiger partial charge in [-0.1, -0.05) is 32.0 Å². The van der Waals surface area contributed by atoms with Gasteiger partial charge in [-0.15, -0.1) is 0 Å². The Balaban J connectivity index is 1.80. The Bertz CT molecular complexity index is 1040. The van der Waals surface area contributed by atoms with Gasteiger partial charge in [0.1, 0.15) is 16.9 Å². The zero-order valence-corrected chi connectivity index (χ0v) is 17.9. The average Bonchev–Trinajstić information content (AvgIpc) is 3.04.